The number of hydrogen-bond acceptors (Lipinski definition) is 6. The van der Waals surface area contributed by atoms with Gasteiger partial charge in [-0.3, -0.25) is 9.69 Å². The molecule has 0 amide bonds. The fourth-order valence-electron chi connectivity index (χ4n) is 3.05. The number of hydrogen-bond donors (Lipinski definition) is 0. The van der Waals surface area contributed by atoms with Crippen LogP contribution in [-0.2, 0) is 13.0 Å². The van der Waals surface area contributed by atoms with Crippen molar-refractivity contribution in [2.45, 2.75) is 19.9 Å². The van der Waals surface area contributed by atoms with Gasteiger partial charge in [0.1, 0.15) is 23.6 Å². The SMILES string of the molecule is CC(=O)c1cc2ccc3c(c2oc1=O)CN(CCc1cccs1)CO3. The number of ketones is 1. The van der Waals surface area contributed by atoms with Gasteiger partial charge in [-0.05, 0) is 43.0 Å². The molecule has 0 N–H and O–H groups in total. The van der Waals surface area contributed by atoms with Crippen LogP contribution in [-0.4, -0.2) is 24.0 Å². The molecule has 4 rings (SSSR count). The highest BCUT2D eigenvalue weighted by molar-refractivity contribution is 7.09. The van der Waals surface area contributed by atoms with Crippen molar-refractivity contribution in [3.05, 3.63) is 62.1 Å². The van der Waals surface area contributed by atoms with E-state index in [0.717, 1.165) is 29.7 Å². The Morgan fingerprint density at radius 1 is 1.32 bits per heavy atom. The molecule has 6 heteroatoms. The number of thiophene rings is 1. The summed E-state index contributed by atoms with van der Waals surface area (Å²) in [5.41, 5.74) is 0.860. The smallest absolute Gasteiger partial charge is 0.347 e. The van der Waals surface area contributed by atoms with Crippen molar-refractivity contribution < 1.29 is 13.9 Å². The minimum absolute atomic E-state index is 0.0822. The van der Waals surface area contributed by atoms with Gasteiger partial charge in [-0.15, -0.1) is 11.3 Å². The fourth-order valence-corrected chi connectivity index (χ4v) is 3.75. The molecule has 0 saturated carbocycles. The summed E-state index contributed by atoms with van der Waals surface area (Å²) >= 11 is 1.75. The fraction of sp³-hybridized carbons (Fsp3) is 0.263. The molecular weight excluding hydrogens is 338 g/mol. The summed E-state index contributed by atoms with van der Waals surface area (Å²) in [5.74, 6) is 0.445. The first kappa shape index (κ1) is 16.1. The second-order valence-corrected chi connectivity index (χ2v) is 7.15. The third-order valence-corrected chi connectivity index (χ3v) is 5.32. The third-order valence-electron chi connectivity index (χ3n) is 4.38. The number of benzene rings is 1. The molecule has 1 aliphatic heterocycles. The van der Waals surface area contributed by atoms with E-state index in [1.807, 2.05) is 12.1 Å². The number of carbonyl (C=O) groups excluding carboxylic acids is 1. The highest BCUT2D eigenvalue weighted by Gasteiger charge is 2.22. The first-order valence-electron chi connectivity index (χ1n) is 8.10. The summed E-state index contributed by atoms with van der Waals surface area (Å²) < 4.78 is 11.3. The van der Waals surface area contributed by atoms with Crippen LogP contribution >= 0.6 is 11.3 Å². The number of rotatable bonds is 4. The molecule has 5 nitrogen and oxygen atoms in total. The quantitative estimate of drug-likeness (QED) is 0.530. The minimum Gasteiger partial charge on any atom is -0.478 e. The van der Waals surface area contributed by atoms with Gasteiger partial charge >= 0.3 is 5.63 Å². The van der Waals surface area contributed by atoms with E-state index in [4.69, 9.17) is 9.15 Å². The highest BCUT2D eigenvalue weighted by atomic mass is 32.1. The lowest BCUT2D eigenvalue weighted by Gasteiger charge is -2.29. The second kappa shape index (κ2) is 6.46. The van der Waals surface area contributed by atoms with E-state index in [1.165, 1.54) is 11.8 Å². The maximum Gasteiger partial charge on any atom is 0.347 e. The monoisotopic (exact) mass is 355 g/mol. The van der Waals surface area contributed by atoms with Crippen LogP contribution < -0.4 is 10.4 Å². The van der Waals surface area contributed by atoms with Crippen LogP contribution in [0.4, 0.5) is 0 Å². The maximum absolute atomic E-state index is 12.1. The Kier molecular flexibility index (Phi) is 4.15. The number of ether oxygens (including phenoxy) is 1. The lowest BCUT2D eigenvalue weighted by Crippen LogP contribution is -2.33. The van der Waals surface area contributed by atoms with Crippen LogP contribution in [0.5, 0.6) is 5.75 Å². The summed E-state index contributed by atoms with van der Waals surface area (Å²) in [7, 11) is 0. The molecule has 128 valence electrons. The zero-order chi connectivity index (χ0) is 17.4. The average Bonchev–Trinajstić information content (AvgIpc) is 3.12. The molecule has 1 aromatic carbocycles. The maximum atomic E-state index is 12.1. The van der Waals surface area contributed by atoms with Crippen LogP contribution in [0, 0.1) is 0 Å². The van der Waals surface area contributed by atoms with E-state index >= 15 is 0 Å². The van der Waals surface area contributed by atoms with Crippen molar-refractivity contribution >= 4 is 28.1 Å². The summed E-state index contributed by atoms with van der Waals surface area (Å²) in [5, 5.41) is 2.82. The van der Waals surface area contributed by atoms with Crippen LogP contribution in [0.25, 0.3) is 11.0 Å². The molecule has 25 heavy (non-hydrogen) atoms. The molecule has 0 radical (unpaired) electrons. The van der Waals surface area contributed by atoms with E-state index in [2.05, 4.69) is 22.4 Å². The summed E-state index contributed by atoms with van der Waals surface area (Å²) in [6.07, 6.45) is 0.958. The molecule has 0 fully saturated rings. The van der Waals surface area contributed by atoms with Gasteiger partial charge in [-0.2, -0.15) is 0 Å². The van der Waals surface area contributed by atoms with Crippen LogP contribution in [0.2, 0.25) is 0 Å². The predicted octanol–water partition coefficient (Wildman–Crippen LogP) is 3.45. The summed E-state index contributed by atoms with van der Waals surface area (Å²) in [6, 6.07) is 9.48. The molecule has 0 bridgehead atoms. The van der Waals surface area contributed by atoms with E-state index < -0.39 is 5.63 Å². The van der Waals surface area contributed by atoms with Gasteiger partial charge in [0.2, 0.25) is 0 Å². The molecule has 0 aliphatic carbocycles. The standard InChI is InChI=1S/C19H17NO4S/c1-12(21)15-9-13-4-5-17-16(18(13)24-19(15)22)10-20(11-23-17)7-6-14-3-2-8-25-14/h2-5,8-9H,6-7,10-11H2,1H3. The van der Waals surface area contributed by atoms with Crippen molar-refractivity contribution in [1.29, 1.82) is 0 Å². The third kappa shape index (κ3) is 3.10. The Hall–Kier alpha value is -2.44. The molecule has 0 atom stereocenters. The Balaban J connectivity index is 1.65. The Morgan fingerprint density at radius 2 is 2.20 bits per heavy atom. The van der Waals surface area contributed by atoms with E-state index in [-0.39, 0.29) is 11.3 Å². The van der Waals surface area contributed by atoms with Crippen molar-refractivity contribution in [1.82, 2.24) is 4.90 Å². The van der Waals surface area contributed by atoms with E-state index in [0.29, 0.717) is 18.9 Å². The molecule has 0 spiro atoms. The Bertz CT molecular complexity index is 991. The first-order valence-corrected chi connectivity index (χ1v) is 8.98. The van der Waals surface area contributed by atoms with Crippen LogP contribution in [0.15, 0.2) is 44.9 Å². The van der Waals surface area contributed by atoms with Crippen molar-refractivity contribution in [2.24, 2.45) is 0 Å². The van der Waals surface area contributed by atoms with Gasteiger partial charge in [-0.25, -0.2) is 4.79 Å². The first-order chi connectivity index (χ1) is 12.1. The molecule has 0 saturated heterocycles. The van der Waals surface area contributed by atoms with Gasteiger partial charge in [-0.1, -0.05) is 6.07 Å². The number of carbonyl (C=O) groups is 1. The molecule has 1 aliphatic rings. The lowest BCUT2D eigenvalue weighted by atomic mass is 10.1. The molecule has 3 heterocycles. The Morgan fingerprint density at radius 3 is 2.96 bits per heavy atom. The van der Waals surface area contributed by atoms with E-state index in [9.17, 15) is 9.59 Å². The Labute approximate surface area is 148 Å². The number of Topliss-reactive ketones (excluding diaryl/α,β-unsaturated/α-hetero) is 1. The molecule has 0 unspecified atom stereocenters. The van der Waals surface area contributed by atoms with Gasteiger partial charge in [0.15, 0.2) is 5.78 Å². The average molecular weight is 355 g/mol. The second-order valence-electron chi connectivity index (χ2n) is 6.12. The van der Waals surface area contributed by atoms with Gasteiger partial charge in [0.05, 0.1) is 5.56 Å². The highest BCUT2D eigenvalue weighted by Crippen LogP contribution is 2.32. The van der Waals surface area contributed by atoms with Gasteiger partial charge in [0.25, 0.3) is 0 Å². The van der Waals surface area contributed by atoms with E-state index in [1.54, 1.807) is 17.4 Å². The number of fused-ring (bicyclic) bond motifs is 3. The van der Waals surface area contributed by atoms with Crippen molar-refractivity contribution in [3.63, 3.8) is 0 Å². The number of nitrogens with zero attached hydrogens (tertiary/aromatic N) is 1. The van der Waals surface area contributed by atoms with Crippen molar-refractivity contribution in [3.8, 4) is 5.75 Å². The normalized spacial score (nSPS) is 14.3. The van der Waals surface area contributed by atoms with Crippen molar-refractivity contribution in [2.75, 3.05) is 13.3 Å². The topological polar surface area (TPSA) is 59.8 Å². The largest absolute Gasteiger partial charge is 0.478 e. The molecule has 2 aromatic heterocycles. The van der Waals surface area contributed by atoms with Gasteiger partial charge in [0, 0.05) is 23.4 Å². The zero-order valence-electron chi connectivity index (χ0n) is 13.8. The minimum atomic E-state index is -0.593. The van der Waals surface area contributed by atoms with Crippen LogP contribution in [0.1, 0.15) is 27.7 Å². The molecule has 3 aromatic rings. The lowest BCUT2D eigenvalue weighted by molar-refractivity contribution is 0.0969. The zero-order valence-corrected chi connectivity index (χ0v) is 14.6. The van der Waals surface area contributed by atoms with Crippen LogP contribution in [0.3, 0.4) is 0 Å². The molecular formula is C19H17NO4S. The summed E-state index contributed by atoms with van der Waals surface area (Å²) in [4.78, 5) is 27.2. The van der Waals surface area contributed by atoms with Gasteiger partial charge < -0.3 is 9.15 Å². The summed E-state index contributed by atoms with van der Waals surface area (Å²) in [6.45, 7) is 3.40. The predicted molar refractivity (Wildman–Crippen MR) is 96.4 cm³/mol.